The van der Waals surface area contributed by atoms with Crippen LogP contribution in [0.4, 0.5) is 13.2 Å². The molecule has 1 heterocycles. The van der Waals surface area contributed by atoms with Gasteiger partial charge in [0.25, 0.3) is 0 Å². The van der Waals surface area contributed by atoms with E-state index >= 15 is 0 Å². The van der Waals surface area contributed by atoms with E-state index in [1.165, 1.54) is 18.3 Å². The smallest absolute Gasteiger partial charge is 0.166 e. The second kappa shape index (κ2) is 4.33. The molecule has 2 nitrogen and oxygen atoms in total. The lowest BCUT2D eigenvalue weighted by atomic mass is 10.1. The normalized spacial score (nSPS) is 11.5. The lowest BCUT2D eigenvalue weighted by Gasteiger charge is -2.08. The molecule has 0 saturated heterocycles. The molecule has 0 N–H and O–H groups in total. The molecule has 0 radical (unpaired) electrons. The number of rotatable bonds is 1. The van der Waals surface area contributed by atoms with Gasteiger partial charge < -0.3 is 0 Å². The second-order valence-electron chi connectivity index (χ2n) is 3.35. The van der Waals surface area contributed by atoms with Gasteiger partial charge in [0.05, 0.1) is 11.8 Å². The minimum Gasteiger partial charge on any atom is -0.166 e. The number of alkyl halides is 3. The molecule has 0 aliphatic carbocycles. The van der Waals surface area contributed by atoms with Gasteiger partial charge in [0.2, 0.25) is 0 Å². The van der Waals surface area contributed by atoms with Crippen molar-refractivity contribution in [3.63, 3.8) is 0 Å². The molecule has 88 valence electrons. The summed E-state index contributed by atoms with van der Waals surface area (Å²) in [6.07, 6.45) is -3.00. The van der Waals surface area contributed by atoms with Gasteiger partial charge in [0, 0.05) is 5.56 Å². The minimum absolute atomic E-state index is 0.139. The fourth-order valence-corrected chi connectivity index (χ4v) is 1.53. The van der Waals surface area contributed by atoms with Crippen LogP contribution in [-0.4, -0.2) is 10.2 Å². The maximum absolute atomic E-state index is 12.5. The third-order valence-corrected chi connectivity index (χ3v) is 2.33. The van der Waals surface area contributed by atoms with Crippen LogP contribution in [0.2, 0.25) is 5.15 Å². The van der Waals surface area contributed by atoms with E-state index in [0.717, 1.165) is 12.1 Å². The van der Waals surface area contributed by atoms with Crippen molar-refractivity contribution >= 4 is 11.6 Å². The van der Waals surface area contributed by atoms with Crippen molar-refractivity contribution in [2.75, 3.05) is 0 Å². The first-order valence-electron chi connectivity index (χ1n) is 4.63. The Morgan fingerprint density at radius 2 is 1.82 bits per heavy atom. The molecular weight excluding hydrogens is 253 g/mol. The lowest BCUT2D eigenvalue weighted by Crippen LogP contribution is -2.04. The Morgan fingerprint density at radius 1 is 1.06 bits per heavy atom. The fourth-order valence-electron chi connectivity index (χ4n) is 1.37. The van der Waals surface area contributed by atoms with Crippen LogP contribution in [0.25, 0.3) is 11.1 Å². The van der Waals surface area contributed by atoms with Gasteiger partial charge in [0.1, 0.15) is 0 Å². The Bertz CT molecular complexity index is 540. The minimum atomic E-state index is -4.36. The molecular formula is C11H6ClF3N2. The predicted molar refractivity (Wildman–Crippen MR) is 57.5 cm³/mol. The molecule has 0 aliphatic heterocycles. The number of hydrogen-bond donors (Lipinski definition) is 0. The highest BCUT2D eigenvalue weighted by molar-refractivity contribution is 6.29. The molecule has 0 aliphatic rings. The third kappa shape index (κ3) is 2.74. The van der Waals surface area contributed by atoms with Crippen molar-refractivity contribution in [3.8, 4) is 11.1 Å². The van der Waals surface area contributed by atoms with Crippen molar-refractivity contribution in [3.05, 3.63) is 47.2 Å². The van der Waals surface area contributed by atoms with Crippen molar-refractivity contribution in [1.29, 1.82) is 0 Å². The maximum Gasteiger partial charge on any atom is 0.416 e. The van der Waals surface area contributed by atoms with Crippen LogP contribution in [0.5, 0.6) is 0 Å². The van der Waals surface area contributed by atoms with E-state index in [0.29, 0.717) is 11.1 Å². The van der Waals surface area contributed by atoms with Gasteiger partial charge in [-0.25, -0.2) is 0 Å². The molecule has 0 spiro atoms. The fraction of sp³-hybridized carbons (Fsp3) is 0.0909. The van der Waals surface area contributed by atoms with Crippen molar-refractivity contribution < 1.29 is 13.2 Å². The Balaban J connectivity index is 2.47. The first-order chi connectivity index (χ1) is 7.97. The van der Waals surface area contributed by atoms with Gasteiger partial charge in [-0.15, -0.1) is 5.10 Å². The van der Waals surface area contributed by atoms with E-state index in [9.17, 15) is 13.2 Å². The number of benzene rings is 1. The van der Waals surface area contributed by atoms with Crippen LogP contribution in [0, 0.1) is 0 Å². The SMILES string of the molecule is FC(F)(F)c1cccc(-c2cnnc(Cl)c2)c1. The van der Waals surface area contributed by atoms with Crippen LogP contribution in [0.3, 0.4) is 0 Å². The molecule has 2 rings (SSSR count). The van der Waals surface area contributed by atoms with E-state index in [1.807, 2.05) is 0 Å². The zero-order valence-electron chi connectivity index (χ0n) is 8.37. The summed E-state index contributed by atoms with van der Waals surface area (Å²) in [5.74, 6) is 0. The zero-order chi connectivity index (χ0) is 12.5. The van der Waals surface area contributed by atoms with Gasteiger partial charge in [-0.05, 0) is 23.8 Å². The summed E-state index contributed by atoms with van der Waals surface area (Å²) < 4.78 is 37.5. The lowest BCUT2D eigenvalue weighted by molar-refractivity contribution is -0.137. The first-order valence-corrected chi connectivity index (χ1v) is 5.00. The molecule has 1 aromatic carbocycles. The van der Waals surface area contributed by atoms with Crippen LogP contribution in [0.1, 0.15) is 5.56 Å². The standard InChI is InChI=1S/C11H6ClF3N2/c12-10-5-8(6-16-17-10)7-2-1-3-9(4-7)11(13,14)15/h1-6H. The maximum atomic E-state index is 12.5. The third-order valence-electron chi connectivity index (χ3n) is 2.15. The molecule has 0 amide bonds. The van der Waals surface area contributed by atoms with Crippen LogP contribution in [0.15, 0.2) is 36.5 Å². The summed E-state index contributed by atoms with van der Waals surface area (Å²) in [5, 5.41) is 7.26. The molecule has 0 atom stereocenters. The highest BCUT2D eigenvalue weighted by Crippen LogP contribution is 2.32. The molecule has 0 unspecified atom stereocenters. The molecule has 6 heteroatoms. The molecule has 0 saturated carbocycles. The van der Waals surface area contributed by atoms with Gasteiger partial charge in [-0.3, -0.25) is 0 Å². The molecule has 0 fully saturated rings. The average molecular weight is 259 g/mol. The van der Waals surface area contributed by atoms with Gasteiger partial charge in [-0.2, -0.15) is 18.3 Å². The van der Waals surface area contributed by atoms with E-state index in [-0.39, 0.29) is 5.15 Å². The van der Waals surface area contributed by atoms with Gasteiger partial charge >= 0.3 is 6.18 Å². The van der Waals surface area contributed by atoms with Crippen molar-refractivity contribution in [1.82, 2.24) is 10.2 Å². The molecule has 1 aromatic heterocycles. The summed E-state index contributed by atoms with van der Waals surface area (Å²) in [4.78, 5) is 0. The van der Waals surface area contributed by atoms with E-state index < -0.39 is 11.7 Å². The topological polar surface area (TPSA) is 25.8 Å². The summed E-state index contributed by atoms with van der Waals surface area (Å²) >= 11 is 5.63. The first kappa shape index (κ1) is 11.9. The average Bonchev–Trinajstić information content (AvgIpc) is 2.28. The Morgan fingerprint density at radius 3 is 2.47 bits per heavy atom. The van der Waals surface area contributed by atoms with E-state index in [1.54, 1.807) is 6.07 Å². The second-order valence-corrected chi connectivity index (χ2v) is 3.73. The van der Waals surface area contributed by atoms with Gasteiger partial charge in [-0.1, -0.05) is 23.7 Å². The molecule has 17 heavy (non-hydrogen) atoms. The quantitative estimate of drug-likeness (QED) is 0.777. The monoisotopic (exact) mass is 258 g/mol. The van der Waals surface area contributed by atoms with Crippen LogP contribution < -0.4 is 0 Å². The highest BCUT2D eigenvalue weighted by Gasteiger charge is 2.30. The number of hydrogen-bond acceptors (Lipinski definition) is 2. The Kier molecular flexibility index (Phi) is 3.02. The highest BCUT2D eigenvalue weighted by atomic mass is 35.5. The zero-order valence-corrected chi connectivity index (χ0v) is 9.13. The largest absolute Gasteiger partial charge is 0.416 e. The molecule has 0 bridgehead atoms. The van der Waals surface area contributed by atoms with Crippen LogP contribution in [-0.2, 0) is 6.18 Å². The van der Waals surface area contributed by atoms with E-state index in [2.05, 4.69) is 10.2 Å². The molecule has 2 aromatic rings. The van der Waals surface area contributed by atoms with E-state index in [4.69, 9.17) is 11.6 Å². The summed E-state index contributed by atoms with van der Waals surface area (Å²) in [5.41, 5.74) is 0.190. The number of halogens is 4. The van der Waals surface area contributed by atoms with Crippen molar-refractivity contribution in [2.24, 2.45) is 0 Å². The van der Waals surface area contributed by atoms with Crippen molar-refractivity contribution in [2.45, 2.75) is 6.18 Å². The van der Waals surface area contributed by atoms with Crippen LogP contribution >= 0.6 is 11.6 Å². The summed E-state index contributed by atoms with van der Waals surface area (Å²) in [6.45, 7) is 0. The Hall–Kier alpha value is -1.62. The summed E-state index contributed by atoms with van der Waals surface area (Å²) in [7, 11) is 0. The Labute approximate surface area is 100 Å². The summed E-state index contributed by atoms with van der Waals surface area (Å²) in [6, 6.07) is 6.42. The number of aromatic nitrogens is 2. The predicted octanol–water partition coefficient (Wildman–Crippen LogP) is 3.82. The van der Waals surface area contributed by atoms with Gasteiger partial charge in [0.15, 0.2) is 5.15 Å². The number of nitrogens with zero attached hydrogens (tertiary/aromatic N) is 2.